The molecule has 1 N–H and O–H groups in total. The molecule has 106 valence electrons. The Bertz CT molecular complexity index is 373. The van der Waals surface area contributed by atoms with E-state index >= 15 is 0 Å². The zero-order valence-corrected chi connectivity index (χ0v) is 12.4. The SMILES string of the molecule is CCCOc1ccc(C(CN(C)C2CC2)NC)cc1. The van der Waals surface area contributed by atoms with Gasteiger partial charge in [-0.25, -0.2) is 0 Å². The molecule has 0 spiro atoms. The molecular formula is C16H26N2O. The van der Waals surface area contributed by atoms with Gasteiger partial charge in [-0.3, -0.25) is 0 Å². The minimum Gasteiger partial charge on any atom is -0.494 e. The first kappa shape index (κ1) is 14.4. The molecule has 0 heterocycles. The molecule has 3 nitrogen and oxygen atoms in total. The molecule has 0 bridgehead atoms. The molecule has 1 aliphatic carbocycles. The summed E-state index contributed by atoms with van der Waals surface area (Å²) in [7, 11) is 4.26. The molecule has 1 unspecified atom stereocenters. The van der Waals surface area contributed by atoms with E-state index in [4.69, 9.17) is 4.74 Å². The summed E-state index contributed by atoms with van der Waals surface area (Å²) in [5, 5.41) is 3.41. The predicted octanol–water partition coefficient (Wildman–Crippen LogP) is 2.83. The van der Waals surface area contributed by atoms with E-state index in [0.717, 1.165) is 31.4 Å². The highest BCUT2D eigenvalue weighted by Crippen LogP contribution is 2.27. The fourth-order valence-electron chi connectivity index (χ4n) is 2.33. The van der Waals surface area contributed by atoms with Gasteiger partial charge in [0, 0.05) is 18.6 Å². The second-order valence-corrected chi connectivity index (χ2v) is 5.43. The van der Waals surface area contributed by atoms with Gasteiger partial charge in [0.1, 0.15) is 5.75 Å². The highest BCUT2D eigenvalue weighted by Gasteiger charge is 2.27. The second kappa shape index (κ2) is 6.92. The standard InChI is InChI=1S/C16H26N2O/c1-4-11-19-15-9-5-13(6-10-15)16(17-2)12-18(3)14-7-8-14/h5-6,9-10,14,16-17H,4,7-8,11-12H2,1-3H3. The maximum Gasteiger partial charge on any atom is 0.119 e. The van der Waals surface area contributed by atoms with Gasteiger partial charge < -0.3 is 15.0 Å². The summed E-state index contributed by atoms with van der Waals surface area (Å²) in [5.41, 5.74) is 1.33. The summed E-state index contributed by atoms with van der Waals surface area (Å²) in [6.07, 6.45) is 3.76. The molecule has 1 aliphatic rings. The molecule has 1 aromatic carbocycles. The van der Waals surface area contributed by atoms with Crippen LogP contribution in [0.25, 0.3) is 0 Å². The predicted molar refractivity (Wildman–Crippen MR) is 79.7 cm³/mol. The first-order chi connectivity index (χ1) is 9.24. The molecule has 1 aromatic rings. The molecule has 0 amide bonds. The average Bonchev–Trinajstić information content (AvgIpc) is 3.27. The summed E-state index contributed by atoms with van der Waals surface area (Å²) < 4.78 is 5.62. The van der Waals surface area contributed by atoms with Gasteiger partial charge in [0.15, 0.2) is 0 Å². The fraction of sp³-hybridized carbons (Fsp3) is 0.625. The third-order valence-electron chi connectivity index (χ3n) is 3.74. The highest BCUT2D eigenvalue weighted by atomic mass is 16.5. The monoisotopic (exact) mass is 262 g/mol. The average molecular weight is 262 g/mol. The number of hydrogen-bond acceptors (Lipinski definition) is 3. The Morgan fingerprint density at radius 1 is 1.32 bits per heavy atom. The summed E-state index contributed by atoms with van der Waals surface area (Å²) >= 11 is 0. The van der Waals surface area contributed by atoms with Crippen molar-refractivity contribution in [1.29, 1.82) is 0 Å². The number of ether oxygens (including phenoxy) is 1. The fourth-order valence-corrected chi connectivity index (χ4v) is 2.33. The lowest BCUT2D eigenvalue weighted by molar-refractivity contribution is 0.287. The molecule has 2 rings (SSSR count). The van der Waals surface area contributed by atoms with Crippen LogP contribution in [0.2, 0.25) is 0 Å². The maximum atomic E-state index is 5.62. The van der Waals surface area contributed by atoms with Gasteiger partial charge in [-0.15, -0.1) is 0 Å². The smallest absolute Gasteiger partial charge is 0.119 e. The Kier molecular flexibility index (Phi) is 5.23. The van der Waals surface area contributed by atoms with E-state index in [1.807, 2.05) is 7.05 Å². The van der Waals surface area contributed by atoms with Crippen LogP contribution < -0.4 is 10.1 Å². The van der Waals surface area contributed by atoms with Crippen LogP contribution in [0.15, 0.2) is 24.3 Å². The topological polar surface area (TPSA) is 24.5 Å². The number of benzene rings is 1. The van der Waals surface area contributed by atoms with Crippen molar-refractivity contribution in [2.75, 3.05) is 27.2 Å². The van der Waals surface area contributed by atoms with Crippen LogP contribution in [0, 0.1) is 0 Å². The summed E-state index contributed by atoms with van der Waals surface area (Å²) in [6, 6.07) is 9.70. The lowest BCUT2D eigenvalue weighted by atomic mass is 10.1. The molecule has 1 fully saturated rings. The third-order valence-corrected chi connectivity index (χ3v) is 3.74. The second-order valence-electron chi connectivity index (χ2n) is 5.43. The van der Waals surface area contributed by atoms with E-state index in [-0.39, 0.29) is 0 Å². The van der Waals surface area contributed by atoms with Gasteiger partial charge in [0.2, 0.25) is 0 Å². The Hall–Kier alpha value is -1.06. The van der Waals surface area contributed by atoms with Gasteiger partial charge >= 0.3 is 0 Å². The lowest BCUT2D eigenvalue weighted by Gasteiger charge is -2.24. The number of nitrogens with zero attached hydrogens (tertiary/aromatic N) is 1. The van der Waals surface area contributed by atoms with Gasteiger partial charge in [-0.1, -0.05) is 19.1 Å². The molecule has 3 heteroatoms. The van der Waals surface area contributed by atoms with Gasteiger partial charge in [0.05, 0.1) is 6.61 Å². The third kappa shape index (κ3) is 4.22. The summed E-state index contributed by atoms with van der Waals surface area (Å²) in [5.74, 6) is 0.969. The molecule has 0 aliphatic heterocycles. The van der Waals surface area contributed by atoms with Crippen molar-refractivity contribution in [2.24, 2.45) is 0 Å². The quantitative estimate of drug-likeness (QED) is 0.779. The van der Waals surface area contributed by atoms with Gasteiger partial charge in [-0.05, 0) is 51.1 Å². The lowest BCUT2D eigenvalue weighted by Crippen LogP contribution is -2.32. The Morgan fingerprint density at radius 3 is 2.53 bits per heavy atom. The van der Waals surface area contributed by atoms with Crippen LogP contribution in [0.4, 0.5) is 0 Å². The van der Waals surface area contributed by atoms with Gasteiger partial charge in [0.25, 0.3) is 0 Å². The number of rotatable bonds is 8. The summed E-state index contributed by atoms with van der Waals surface area (Å²) in [4.78, 5) is 2.46. The minimum atomic E-state index is 0.394. The van der Waals surface area contributed by atoms with Crippen LogP contribution in [-0.2, 0) is 0 Å². The molecule has 0 saturated heterocycles. The first-order valence-corrected chi connectivity index (χ1v) is 7.35. The minimum absolute atomic E-state index is 0.394. The van der Waals surface area contributed by atoms with Crippen molar-refractivity contribution in [1.82, 2.24) is 10.2 Å². The number of nitrogens with one attached hydrogen (secondary N) is 1. The normalized spacial score (nSPS) is 16.6. The number of likely N-dealkylation sites (N-methyl/N-ethyl adjacent to an activating group) is 2. The van der Waals surface area contributed by atoms with Crippen LogP contribution in [0.1, 0.15) is 37.8 Å². The molecule has 19 heavy (non-hydrogen) atoms. The van der Waals surface area contributed by atoms with Crippen molar-refractivity contribution in [3.63, 3.8) is 0 Å². The Morgan fingerprint density at radius 2 is 2.00 bits per heavy atom. The van der Waals surface area contributed by atoms with Crippen molar-refractivity contribution in [3.8, 4) is 5.75 Å². The van der Waals surface area contributed by atoms with Crippen molar-refractivity contribution < 1.29 is 4.74 Å². The van der Waals surface area contributed by atoms with E-state index in [1.54, 1.807) is 0 Å². The van der Waals surface area contributed by atoms with Crippen LogP contribution >= 0.6 is 0 Å². The summed E-state index contributed by atoms with van der Waals surface area (Å²) in [6.45, 7) is 3.98. The Labute approximate surface area is 116 Å². The van der Waals surface area contributed by atoms with Crippen LogP contribution in [0.5, 0.6) is 5.75 Å². The maximum absolute atomic E-state index is 5.62. The molecule has 0 aromatic heterocycles. The molecule has 1 atom stereocenters. The Balaban J connectivity index is 1.93. The molecule has 1 saturated carbocycles. The zero-order chi connectivity index (χ0) is 13.7. The first-order valence-electron chi connectivity index (χ1n) is 7.35. The molecular weight excluding hydrogens is 236 g/mol. The van der Waals surface area contributed by atoms with E-state index < -0.39 is 0 Å². The van der Waals surface area contributed by atoms with E-state index in [0.29, 0.717) is 6.04 Å². The zero-order valence-electron chi connectivity index (χ0n) is 12.4. The number of hydrogen-bond donors (Lipinski definition) is 1. The largest absolute Gasteiger partial charge is 0.494 e. The van der Waals surface area contributed by atoms with E-state index in [1.165, 1.54) is 18.4 Å². The van der Waals surface area contributed by atoms with Gasteiger partial charge in [-0.2, -0.15) is 0 Å². The van der Waals surface area contributed by atoms with Crippen LogP contribution in [0.3, 0.4) is 0 Å². The molecule has 0 radical (unpaired) electrons. The van der Waals surface area contributed by atoms with E-state index in [2.05, 4.69) is 48.5 Å². The van der Waals surface area contributed by atoms with Crippen molar-refractivity contribution in [3.05, 3.63) is 29.8 Å². The van der Waals surface area contributed by atoms with Crippen molar-refractivity contribution >= 4 is 0 Å². The van der Waals surface area contributed by atoms with E-state index in [9.17, 15) is 0 Å². The highest BCUT2D eigenvalue weighted by molar-refractivity contribution is 5.29. The van der Waals surface area contributed by atoms with Crippen LogP contribution in [-0.4, -0.2) is 38.2 Å². The van der Waals surface area contributed by atoms with Crippen molar-refractivity contribution in [2.45, 2.75) is 38.3 Å².